The van der Waals surface area contributed by atoms with Gasteiger partial charge in [0.2, 0.25) is 0 Å². The first-order valence-electron chi connectivity index (χ1n) is 5.91. The molecule has 2 rings (SSSR count). The minimum absolute atomic E-state index is 0.132. The van der Waals surface area contributed by atoms with Gasteiger partial charge in [-0.05, 0) is 49.5 Å². The van der Waals surface area contributed by atoms with Crippen LogP contribution in [0.25, 0.3) is 0 Å². The van der Waals surface area contributed by atoms with E-state index in [-0.39, 0.29) is 5.78 Å². The fraction of sp³-hybridized carbons (Fsp3) is 0.643. The first kappa shape index (κ1) is 10.7. The number of allylic oxidation sites excluding steroid dienone is 4. The summed E-state index contributed by atoms with van der Waals surface area (Å²) in [6.45, 7) is 6.30. The van der Waals surface area contributed by atoms with Gasteiger partial charge in [0.1, 0.15) is 0 Å². The van der Waals surface area contributed by atoms with Gasteiger partial charge < -0.3 is 0 Å². The Balaban J connectivity index is 2.18. The summed E-state index contributed by atoms with van der Waals surface area (Å²) in [6, 6.07) is 0. The van der Waals surface area contributed by atoms with E-state index < -0.39 is 0 Å². The number of fused-ring (bicyclic) bond motifs is 2. The Morgan fingerprint density at radius 3 is 2.67 bits per heavy atom. The molecule has 0 aromatic heterocycles. The maximum absolute atomic E-state index is 10.8. The molecular formula is C14H20O. The molecule has 15 heavy (non-hydrogen) atoms. The van der Waals surface area contributed by atoms with E-state index in [1.54, 1.807) is 18.6 Å². The van der Waals surface area contributed by atoms with E-state index in [2.05, 4.69) is 19.9 Å². The predicted molar refractivity (Wildman–Crippen MR) is 62.5 cm³/mol. The molecule has 1 nitrogen and oxygen atoms in total. The highest BCUT2D eigenvalue weighted by Gasteiger charge is 2.48. The van der Waals surface area contributed by atoms with E-state index in [9.17, 15) is 4.79 Å². The highest BCUT2D eigenvalue weighted by atomic mass is 16.1. The van der Waals surface area contributed by atoms with E-state index in [0.717, 1.165) is 11.8 Å². The lowest BCUT2D eigenvalue weighted by molar-refractivity contribution is -0.112. The molecule has 1 heteroatoms. The van der Waals surface area contributed by atoms with Gasteiger partial charge in [-0.2, -0.15) is 0 Å². The van der Waals surface area contributed by atoms with Crippen LogP contribution in [0.1, 0.15) is 40.0 Å². The molecular weight excluding hydrogens is 184 g/mol. The summed E-state index contributed by atoms with van der Waals surface area (Å²) in [5.41, 5.74) is 1.93. The lowest BCUT2D eigenvalue weighted by atomic mass is 9.72. The van der Waals surface area contributed by atoms with Crippen molar-refractivity contribution in [2.75, 3.05) is 0 Å². The number of hydrogen-bond acceptors (Lipinski definition) is 1. The van der Waals surface area contributed by atoms with Gasteiger partial charge in [-0.3, -0.25) is 4.79 Å². The molecule has 0 amide bonds. The molecule has 2 aliphatic carbocycles. The first-order chi connectivity index (χ1) is 7.01. The van der Waals surface area contributed by atoms with Gasteiger partial charge in [-0.1, -0.05) is 31.6 Å². The standard InChI is InChI=1S/C14H20O/c1-10(15)5-4-6-13-11-7-8-12(9-11)14(13,2)3/h4-6,11-12H,7-9H2,1-3H3/b5-4-,13-6-/t11-,12+/m0/s1. The van der Waals surface area contributed by atoms with Crippen LogP contribution in [-0.4, -0.2) is 5.78 Å². The molecule has 0 aromatic carbocycles. The summed E-state index contributed by atoms with van der Waals surface area (Å²) in [6.07, 6.45) is 9.90. The van der Waals surface area contributed by atoms with Crippen LogP contribution in [0.5, 0.6) is 0 Å². The van der Waals surface area contributed by atoms with Crippen molar-refractivity contribution in [3.63, 3.8) is 0 Å². The summed E-state index contributed by atoms with van der Waals surface area (Å²) in [5.74, 6) is 1.80. The van der Waals surface area contributed by atoms with Crippen molar-refractivity contribution in [2.24, 2.45) is 17.3 Å². The zero-order valence-corrected chi connectivity index (χ0v) is 9.92. The molecule has 0 aliphatic heterocycles. The predicted octanol–water partition coefficient (Wildman–Crippen LogP) is 3.51. The molecule has 0 spiro atoms. The Morgan fingerprint density at radius 2 is 2.13 bits per heavy atom. The lowest BCUT2D eigenvalue weighted by Gasteiger charge is -2.32. The Bertz CT molecular complexity index is 333. The molecule has 2 fully saturated rings. The number of ketones is 1. The van der Waals surface area contributed by atoms with Gasteiger partial charge in [0.15, 0.2) is 5.78 Å². The molecule has 0 radical (unpaired) electrons. The topological polar surface area (TPSA) is 17.1 Å². The monoisotopic (exact) mass is 204 g/mol. The first-order valence-corrected chi connectivity index (χ1v) is 5.91. The fourth-order valence-corrected chi connectivity index (χ4v) is 3.32. The van der Waals surface area contributed by atoms with Crippen molar-refractivity contribution in [1.82, 2.24) is 0 Å². The van der Waals surface area contributed by atoms with Crippen molar-refractivity contribution in [3.05, 3.63) is 23.8 Å². The van der Waals surface area contributed by atoms with Gasteiger partial charge in [-0.25, -0.2) is 0 Å². The largest absolute Gasteiger partial charge is 0.295 e. The van der Waals surface area contributed by atoms with Crippen molar-refractivity contribution < 1.29 is 4.79 Å². The molecule has 2 atom stereocenters. The highest BCUT2D eigenvalue weighted by molar-refractivity contribution is 5.87. The molecule has 2 saturated carbocycles. The average molecular weight is 204 g/mol. The van der Waals surface area contributed by atoms with Gasteiger partial charge in [0, 0.05) is 0 Å². The molecule has 82 valence electrons. The van der Waals surface area contributed by atoms with E-state index in [4.69, 9.17) is 0 Å². The Labute approximate surface area is 92.3 Å². The van der Waals surface area contributed by atoms with Gasteiger partial charge >= 0.3 is 0 Å². The van der Waals surface area contributed by atoms with E-state index in [1.807, 2.05) is 6.08 Å². The summed E-state index contributed by atoms with van der Waals surface area (Å²) >= 11 is 0. The number of carbonyl (C=O) groups is 1. The summed E-state index contributed by atoms with van der Waals surface area (Å²) in [5, 5.41) is 0. The fourth-order valence-electron chi connectivity index (χ4n) is 3.32. The Hall–Kier alpha value is -0.850. The van der Waals surface area contributed by atoms with Crippen LogP contribution >= 0.6 is 0 Å². The van der Waals surface area contributed by atoms with Gasteiger partial charge in [-0.15, -0.1) is 0 Å². The third-order valence-corrected chi connectivity index (χ3v) is 4.24. The molecule has 2 bridgehead atoms. The molecule has 0 saturated heterocycles. The maximum atomic E-state index is 10.8. The van der Waals surface area contributed by atoms with Gasteiger partial charge in [0.05, 0.1) is 0 Å². The second-order valence-corrected chi connectivity index (χ2v) is 5.52. The van der Waals surface area contributed by atoms with Crippen molar-refractivity contribution >= 4 is 5.78 Å². The minimum atomic E-state index is 0.132. The van der Waals surface area contributed by atoms with E-state index >= 15 is 0 Å². The molecule has 2 aliphatic rings. The van der Waals surface area contributed by atoms with Crippen LogP contribution in [0.4, 0.5) is 0 Å². The second kappa shape index (κ2) is 3.62. The quantitative estimate of drug-likeness (QED) is 0.629. The Kier molecular flexibility index (Phi) is 2.57. The van der Waals surface area contributed by atoms with Crippen molar-refractivity contribution in [1.29, 1.82) is 0 Å². The third kappa shape index (κ3) is 1.80. The van der Waals surface area contributed by atoms with E-state index in [1.165, 1.54) is 19.3 Å². The lowest BCUT2D eigenvalue weighted by Crippen LogP contribution is -2.22. The zero-order valence-electron chi connectivity index (χ0n) is 9.92. The van der Waals surface area contributed by atoms with E-state index in [0.29, 0.717) is 5.41 Å². The van der Waals surface area contributed by atoms with Crippen molar-refractivity contribution in [3.8, 4) is 0 Å². The van der Waals surface area contributed by atoms with Crippen LogP contribution in [0.15, 0.2) is 23.8 Å². The zero-order chi connectivity index (χ0) is 11.1. The SMILES string of the molecule is CC(=O)/C=C\C=C1\[C@H]2CC[C@H](C2)C1(C)C. The van der Waals surface area contributed by atoms with Gasteiger partial charge in [0.25, 0.3) is 0 Å². The van der Waals surface area contributed by atoms with Crippen LogP contribution in [0.2, 0.25) is 0 Å². The van der Waals surface area contributed by atoms with Crippen LogP contribution in [0.3, 0.4) is 0 Å². The molecule has 0 heterocycles. The smallest absolute Gasteiger partial charge is 0.152 e. The second-order valence-electron chi connectivity index (χ2n) is 5.52. The molecule has 0 unspecified atom stereocenters. The minimum Gasteiger partial charge on any atom is -0.295 e. The van der Waals surface area contributed by atoms with Crippen LogP contribution in [0, 0.1) is 17.3 Å². The molecule has 0 aromatic rings. The van der Waals surface area contributed by atoms with Crippen LogP contribution in [-0.2, 0) is 4.79 Å². The van der Waals surface area contributed by atoms with Crippen LogP contribution < -0.4 is 0 Å². The Morgan fingerprint density at radius 1 is 1.40 bits per heavy atom. The number of carbonyl (C=O) groups excluding carboxylic acids is 1. The highest BCUT2D eigenvalue weighted by Crippen LogP contribution is 2.58. The summed E-state index contributed by atoms with van der Waals surface area (Å²) < 4.78 is 0. The molecule has 0 N–H and O–H groups in total. The van der Waals surface area contributed by atoms with Crippen molar-refractivity contribution in [2.45, 2.75) is 40.0 Å². The average Bonchev–Trinajstić information content (AvgIpc) is 2.66. The summed E-state index contributed by atoms with van der Waals surface area (Å²) in [4.78, 5) is 10.8. The number of rotatable bonds is 2. The maximum Gasteiger partial charge on any atom is 0.152 e. The number of hydrogen-bond donors (Lipinski definition) is 0. The third-order valence-electron chi connectivity index (χ3n) is 4.24. The summed E-state index contributed by atoms with van der Waals surface area (Å²) in [7, 11) is 0. The normalized spacial score (nSPS) is 35.5.